The van der Waals surface area contributed by atoms with E-state index in [9.17, 15) is 14.7 Å². The summed E-state index contributed by atoms with van der Waals surface area (Å²) in [5, 5.41) is 11.6. The minimum absolute atomic E-state index is 0.0391. The van der Waals surface area contributed by atoms with Gasteiger partial charge in [-0.25, -0.2) is 4.98 Å². The Morgan fingerprint density at radius 2 is 1.98 bits per heavy atom. The van der Waals surface area contributed by atoms with E-state index in [1.165, 1.54) is 4.90 Å². The van der Waals surface area contributed by atoms with Gasteiger partial charge in [0.1, 0.15) is 17.6 Å². The fourth-order valence-electron chi connectivity index (χ4n) is 5.40. The monoisotopic (exact) mass is 559 g/mol. The summed E-state index contributed by atoms with van der Waals surface area (Å²) in [6.45, 7) is 7.74. The number of methoxy groups -OCH3 is 1. The largest absolute Gasteiger partial charge is 0.507 e. The lowest BCUT2D eigenvalue weighted by Gasteiger charge is -2.26. The molecule has 1 saturated heterocycles. The zero-order valence-corrected chi connectivity index (χ0v) is 24.0. The van der Waals surface area contributed by atoms with Gasteiger partial charge in [-0.2, -0.15) is 0 Å². The van der Waals surface area contributed by atoms with Crippen LogP contribution in [0.3, 0.4) is 0 Å². The maximum Gasteiger partial charge on any atom is 0.295 e. The molecular formula is C32H37N3O6. The molecule has 0 radical (unpaired) electrons. The molecule has 3 heterocycles. The molecule has 9 nitrogen and oxygen atoms in total. The Hall–Kier alpha value is -4.27. The van der Waals surface area contributed by atoms with Crippen molar-refractivity contribution in [2.75, 3.05) is 20.3 Å². The van der Waals surface area contributed by atoms with Gasteiger partial charge in [0.15, 0.2) is 11.5 Å². The molecule has 0 aliphatic carbocycles. The summed E-state index contributed by atoms with van der Waals surface area (Å²) >= 11 is 0. The van der Waals surface area contributed by atoms with E-state index in [0.717, 1.165) is 17.7 Å². The highest BCUT2D eigenvalue weighted by Gasteiger charge is 2.46. The molecule has 2 aliphatic rings. The number of rotatable bonds is 11. The van der Waals surface area contributed by atoms with E-state index in [0.29, 0.717) is 61.1 Å². The third-order valence-electron chi connectivity index (χ3n) is 7.54. The first kappa shape index (κ1) is 28.3. The number of ketones is 1. The van der Waals surface area contributed by atoms with Crippen LogP contribution in [0.25, 0.3) is 5.76 Å². The lowest BCUT2D eigenvalue weighted by Crippen LogP contribution is -2.31. The van der Waals surface area contributed by atoms with Crippen molar-refractivity contribution < 1.29 is 28.9 Å². The number of carbonyl (C=O) groups is 2. The number of imidazole rings is 1. The van der Waals surface area contributed by atoms with Gasteiger partial charge in [-0.3, -0.25) is 9.59 Å². The Kier molecular flexibility index (Phi) is 8.33. The zero-order chi connectivity index (χ0) is 29.1. The normalized spacial score (nSPS) is 19.5. The third kappa shape index (κ3) is 5.94. The maximum absolute atomic E-state index is 13.5. The van der Waals surface area contributed by atoms with Crippen molar-refractivity contribution in [3.05, 3.63) is 77.4 Å². The Balaban J connectivity index is 1.52. The van der Waals surface area contributed by atoms with Gasteiger partial charge >= 0.3 is 0 Å². The van der Waals surface area contributed by atoms with E-state index in [-0.39, 0.29) is 17.4 Å². The van der Waals surface area contributed by atoms with Gasteiger partial charge < -0.3 is 28.8 Å². The molecule has 1 amide bonds. The molecule has 41 heavy (non-hydrogen) atoms. The number of fused-ring (bicyclic) bond motifs is 1. The van der Waals surface area contributed by atoms with E-state index in [2.05, 4.69) is 18.8 Å². The predicted molar refractivity (Wildman–Crippen MR) is 154 cm³/mol. The lowest BCUT2D eigenvalue weighted by molar-refractivity contribution is -0.139. The minimum atomic E-state index is -0.792. The summed E-state index contributed by atoms with van der Waals surface area (Å²) in [5.41, 5.74) is 2.14. The number of benzene rings is 2. The van der Waals surface area contributed by atoms with Gasteiger partial charge in [0.05, 0.1) is 31.7 Å². The number of aromatic nitrogens is 2. The fraction of sp³-hybridized carbons (Fsp3) is 0.406. The molecule has 1 aromatic heterocycles. The second-order valence-corrected chi connectivity index (χ2v) is 11.0. The highest BCUT2D eigenvalue weighted by molar-refractivity contribution is 6.46. The van der Waals surface area contributed by atoms with Crippen molar-refractivity contribution in [1.29, 1.82) is 0 Å². The molecule has 216 valence electrons. The van der Waals surface area contributed by atoms with Gasteiger partial charge in [-0.1, -0.05) is 19.9 Å². The van der Waals surface area contributed by atoms with E-state index >= 15 is 0 Å². The highest BCUT2D eigenvalue weighted by atomic mass is 16.5. The Labute approximate surface area is 240 Å². The van der Waals surface area contributed by atoms with Crippen molar-refractivity contribution in [2.45, 2.75) is 58.7 Å². The molecule has 2 aromatic carbocycles. The number of aliphatic hydroxyl groups is 1. The van der Waals surface area contributed by atoms with Crippen molar-refractivity contribution in [3.8, 4) is 17.2 Å². The van der Waals surface area contributed by atoms with Crippen LogP contribution in [0, 0.1) is 5.92 Å². The Morgan fingerprint density at radius 1 is 1.15 bits per heavy atom. The van der Waals surface area contributed by atoms with Gasteiger partial charge in [0.25, 0.3) is 11.7 Å². The topological polar surface area (TPSA) is 103 Å². The average molecular weight is 560 g/mol. The van der Waals surface area contributed by atoms with Gasteiger partial charge in [-0.15, -0.1) is 0 Å². The van der Waals surface area contributed by atoms with E-state index in [4.69, 9.17) is 14.2 Å². The molecule has 0 bridgehead atoms. The number of Topliss-reactive ketones (excluding diaryl/α,β-unsaturated/α-hetero) is 1. The van der Waals surface area contributed by atoms with Crippen LogP contribution in [-0.4, -0.2) is 57.6 Å². The Bertz CT molecular complexity index is 1450. The van der Waals surface area contributed by atoms with Crippen LogP contribution in [-0.2, 0) is 22.6 Å². The first-order valence-electron chi connectivity index (χ1n) is 14.1. The van der Waals surface area contributed by atoms with Gasteiger partial charge in [0, 0.05) is 37.5 Å². The smallest absolute Gasteiger partial charge is 0.295 e. The van der Waals surface area contributed by atoms with E-state index < -0.39 is 17.7 Å². The van der Waals surface area contributed by atoms with Gasteiger partial charge in [0.2, 0.25) is 0 Å². The average Bonchev–Trinajstić information content (AvgIpc) is 3.66. The number of aryl methyl sites for hydroxylation is 1. The van der Waals surface area contributed by atoms with Crippen LogP contribution in [0.4, 0.5) is 0 Å². The van der Waals surface area contributed by atoms with Crippen molar-refractivity contribution in [3.63, 3.8) is 0 Å². The molecular weight excluding hydrogens is 522 g/mol. The van der Waals surface area contributed by atoms with Gasteiger partial charge in [-0.05, 0) is 67.1 Å². The zero-order valence-electron chi connectivity index (χ0n) is 24.0. The third-order valence-corrected chi connectivity index (χ3v) is 7.54. The van der Waals surface area contributed by atoms with Crippen LogP contribution in [0.15, 0.2) is 60.7 Å². The number of ether oxygens (including phenoxy) is 3. The highest BCUT2D eigenvalue weighted by Crippen LogP contribution is 2.43. The summed E-state index contributed by atoms with van der Waals surface area (Å²) in [4.78, 5) is 32.5. The number of amides is 1. The minimum Gasteiger partial charge on any atom is -0.507 e. The van der Waals surface area contributed by atoms with Crippen LogP contribution in [0.5, 0.6) is 17.2 Å². The molecule has 1 fully saturated rings. The van der Waals surface area contributed by atoms with Crippen molar-refractivity contribution in [1.82, 2.24) is 14.5 Å². The molecule has 2 aliphatic heterocycles. The molecule has 0 spiro atoms. The molecule has 2 atom stereocenters. The van der Waals surface area contributed by atoms with E-state index in [1.807, 2.05) is 29.8 Å². The number of hydrogen-bond acceptors (Lipinski definition) is 7. The molecule has 1 N–H and O–H groups in total. The fourth-order valence-corrected chi connectivity index (χ4v) is 5.40. The van der Waals surface area contributed by atoms with Crippen molar-refractivity contribution >= 4 is 17.4 Å². The first-order chi connectivity index (χ1) is 19.8. The standard InChI is InChI=1S/C32H37N3O6/c1-20(2)10-15-40-26-9-6-22(18-27(26)39-4)29-28(30(36)23-7-8-25-24(17-23)16-21(3)41-25)31(37)32(38)35(29)13-5-12-34-14-11-33-19-34/h6-9,11,14,17-21,29,36H,5,10,12-13,15-16H2,1-4H3/b30-28+. The summed E-state index contributed by atoms with van der Waals surface area (Å²) in [6, 6.07) is 9.99. The van der Waals surface area contributed by atoms with Crippen LogP contribution >= 0.6 is 0 Å². The molecule has 0 saturated carbocycles. The van der Waals surface area contributed by atoms with Crippen LogP contribution in [0.2, 0.25) is 0 Å². The number of aliphatic hydroxyl groups excluding tert-OH is 1. The van der Waals surface area contributed by atoms with Crippen LogP contribution < -0.4 is 14.2 Å². The Morgan fingerprint density at radius 3 is 2.71 bits per heavy atom. The number of carbonyl (C=O) groups excluding carboxylic acids is 2. The molecule has 9 heteroatoms. The summed E-state index contributed by atoms with van der Waals surface area (Å²) in [6.07, 6.45) is 7.51. The quantitative estimate of drug-likeness (QED) is 0.197. The number of hydrogen-bond donors (Lipinski definition) is 1. The molecule has 5 rings (SSSR count). The first-order valence-corrected chi connectivity index (χ1v) is 14.1. The molecule has 2 unspecified atom stereocenters. The lowest BCUT2D eigenvalue weighted by atomic mass is 9.94. The summed E-state index contributed by atoms with van der Waals surface area (Å²) in [7, 11) is 1.56. The maximum atomic E-state index is 13.5. The molecule has 3 aromatic rings. The SMILES string of the molecule is COc1cc(C2/C(=C(\O)c3ccc4c(c3)CC(C)O4)C(=O)C(=O)N2CCCn2ccnc2)ccc1OCCC(C)C. The second-order valence-electron chi connectivity index (χ2n) is 11.0. The second kappa shape index (κ2) is 12.1. The number of nitrogens with zero attached hydrogens (tertiary/aromatic N) is 3. The summed E-state index contributed by atoms with van der Waals surface area (Å²) < 4.78 is 19.3. The van der Waals surface area contributed by atoms with Crippen LogP contribution in [0.1, 0.15) is 56.3 Å². The van der Waals surface area contributed by atoms with E-state index in [1.54, 1.807) is 43.9 Å². The predicted octanol–water partition coefficient (Wildman–Crippen LogP) is 5.15. The number of likely N-dealkylation sites (tertiary alicyclic amines) is 1. The summed E-state index contributed by atoms with van der Waals surface area (Å²) in [5.74, 6) is 0.789. The van der Waals surface area contributed by atoms with Crippen molar-refractivity contribution in [2.24, 2.45) is 5.92 Å².